The molecule has 0 saturated heterocycles. The minimum absolute atomic E-state index is 0.161. The fraction of sp³-hybridized carbons (Fsp3) is 0.538. The van der Waals surface area contributed by atoms with Crippen LogP contribution in [0.15, 0.2) is 16.6 Å². The summed E-state index contributed by atoms with van der Waals surface area (Å²) in [5.74, 6) is 0.523. The Bertz CT molecular complexity index is 414. The van der Waals surface area contributed by atoms with Crippen LogP contribution in [-0.4, -0.2) is 6.04 Å². The van der Waals surface area contributed by atoms with Crippen molar-refractivity contribution in [2.45, 2.75) is 32.7 Å². The largest absolute Gasteiger partial charge is 0.380 e. The lowest BCUT2D eigenvalue weighted by Crippen LogP contribution is -2.38. The Labute approximate surface area is 109 Å². The average molecular weight is 304 g/mol. The quantitative estimate of drug-likeness (QED) is 0.806. The fourth-order valence-corrected chi connectivity index (χ4v) is 2.49. The molecule has 0 aliphatic heterocycles. The molecule has 0 bridgehead atoms. The molecule has 1 N–H and O–H groups in total. The van der Waals surface area contributed by atoms with E-state index in [4.69, 9.17) is 0 Å². The Morgan fingerprint density at radius 3 is 2.47 bits per heavy atom. The van der Waals surface area contributed by atoms with E-state index in [1.54, 1.807) is 0 Å². The number of benzene rings is 1. The number of hydrogen-bond donors (Lipinski definition) is 1. The predicted octanol–water partition coefficient (Wildman–Crippen LogP) is 4.57. The van der Waals surface area contributed by atoms with Gasteiger partial charge in [0.15, 0.2) is 0 Å². The van der Waals surface area contributed by atoms with E-state index in [0.29, 0.717) is 11.8 Å². The van der Waals surface area contributed by atoms with Gasteiger partial charge in [-0.05, 0) is 46.7 Å². The molecule has 1 aliphatic carbocycles. The molecule has 0 unspecified atom stereocenters. The van der Waals surface area contributed by atoms with E-state index in [0.717, 1.165) is 18.9 Å². The zero-order valence-electron chi connectivity index (χ0n) is 9.93. The lowest BCUT2D eigenvalue weighted by molar-refractivity contribution is 0.211. The van der Waals surface area contributed by atoms with Gasteiger partial charge in [0.1, 0.15) is 11.6 Å². The second-order valence-corrected chi connectivity index (χ2v) is 5.92. The molecule has 94 valence electrons. The van der Waals surface area contributed by atoms with Crippen LogP contribution in [0.3, 0.4) is 0 Å². The van der Waals surface area contributed by atoms with Crippen LogP contribution in [-0.2, 0) is 0 Å². The van der Waals surface area contributed by atoms with Gasteiger partial charge in [0.05, 0.1) is 10.2 Å². The van der Waals surface area contributed by atoms with Crippen LogP contribution >= 0.6 is 15.9 Å². The number of nitrogens with one attached hydrogen (secondary N) is 1. The lowest BCUT2D eigenvalue weighted by Gasteiger charge is -2.39. The number of hydrogen-bond acceptors (Lipinski definition) is 1. The van der Waals surface area contributed by atoms with Crippen molar-refractivity contribution in [3.8, 4) is 0 Å². The summed E-state index contributed by atoms with van der Waals surface area (Å²) in [6.07, 6.45) is 2.07. The molecule has 1 nitrogen and oxygen atoms in total. The highest BCUT2D eigenvalue weighted by Crippen LogP contribution is 2.36. The van der Waals surface area contributed by atoms with Crippen molar-refractivity contribution < 1.29 is 8.78 Å². The third-order valence-corrected chi connectivity index (χ3v) is 4.09. The van der Waals surface area contributed by atoms with Gasteiger partial charge in [0, 0.05) is 12.1 Å². The van der Waals surface area contributed by atoms with Gasteiger partial charge < -0.3 is 5.32 Å². The monoisotopic (exact) mass is 303 g/mol. The van der Waals surface area contributed by atoms with E-state index in [1.807, 2.05) is 0 Å². The van der Waals surface area contributed by atoms with E-state index in [2.05, 4.69) is 35.1 Å². The molecular formula is C13H16BrF2N. The van der Waals surface area contributed by atoms with E-state index in [9.17, 15) is 8.78 Å². The zero-order chi connectivity index (χ0) is 12.6. The molecule has 17 heavy (non-hydrogen) atoms. The van der Waals surface area contributed by atoms with Gasteiger partial charge in [-0.15, -0.1) is 0 Å². The summed E-state index contributed by atoms with van der Waals surface area (Å²) in [4.78, 5) is 0. The first-order valence-electron chi connectivity index (χ1n) is 5.88. The van der Waals surface area contributed by atoms with Crippen molar-refractivity contribution >= 4 is 21.6 Å². The molecule has 0 radical (unpaired) electrons. The minimum atomic E-state index is -0.436. The molecule has 0 amide bonds. The molecule has 1 fully saturated rings. The molecule has 0 heterocycles. The molecule has 0 aromatic heterocycles. The molecule has 1 aromatic carbocycles. The van der Waals surface area contributed by atoms with Crippen molar-refractivity contribution in [2.75, 3.05) is 5.32 Å². The van der Waals surface area contributed by atoms with Gasteiger partial charge in [0.2, 0.25) is 0 Å². The highest BCUT2D eigenvalue weighted by Gasteiger charge is 2.31. The summed E-state index contributed by atoms with van der Waals surface area (Å²) in [7, 11) is 0. The topological polar surface area (TPSA) is 12.0 Å². The zero-order valence-corrected chi connectivity index (χ0v) is 11.5. The SMILES string of the molecule is CC(C)C1CC(Nc2cc(F)c(Br)cc2F)C1. The molecule has 2 rings (SSSR count). The second kappa shape index (κ2) is 4.92. The van der Waals surface area contributed by atoms with Crippen LogP contribution in [0.5, 0.6) is 0 Å². The van der Waals surface area contributed by atoms with Gasteiger partial charge in [-0.3, -0.25) is 0 Å². The van der Waals surface area contributed by atoms with E-state index < -0.39 is 11.6 Å². The number of anilines is 1. The van der Waals surface area contributed by atoms with E-state index in [-0.39, 0.29) is 16.2 Å². The predicted molar refractivity (Wildman–Crippen MR) is 69.0 cm³/mol. The number of rotatable bonds is 3. The first-order valence-corrected chi connectivity index (χ1v) is 6.67. The van der Waals surface area contributed by atoms with E-state index >= 15 is 0 Å². The summed E-state index contributed by atoms with van der Waals surface area (Å²) < 4.78 is 27.0. The van der Waals surface area contributed by atoms with Crippen molar-refractivity contribution in [1.82, 2.24) is 0 Å². The Morgan fingerprint density at radius 1 is 1.24 bits per heavy atom. The maximum atomic E-state index is 13.5. The van der Waals surface area contributed by atoms with Crippen molar-refractivity contribution in [1.29, 1.82) is 0 Å². The van der Waals surface area contributed by atoms with Crippen LogP contribution in [0, 0.1) is 23.5 Å². The van der Waals surface area contributed by atoms with Crippen LogP contribution in [0.2, 0.25) is 0 Å². The van der Waals surface area contributed by atoms with Gasteiger partial charge in [-0.25, -0.2) is 8.78 Å². The summed E-state index contributed by atoms with van der Waals surface area (Å²) in [6, 6.07) is 2.65. The second-order valence-electron chi connectivity index (χ2n) is 5.06. The van der Waals surface area contributed by atoms with Crippen LogP contribution < -0.4 is 5.32 Å². The summed E-state index contributed by atoms with van der Waals surface area (Å²) >= 11 is 2.96. The third-order valence-electron chi connectivity index (χ3n) is 3.49. The smallest absolute Gasteiger partial charge is 0.147 e. The summed E-state index contributed by atoms with van der Waals surface area (Å²) in [5.41, 5.74) is 0.262. The maximum absolute atomic E-state index is 13.5. The molecule has 0 atom stereocenters. The van der Waals surface area contributed by atoms with Gasteiger partial charge in [-0.2, -0.15) is 0 Å². The molecule has 1 saturated carbocycles. The Balaban J connectivity index is 1.99. The highest BCUT2D eigenvalue weighted by atomic mass is 79.9. The van der Waals surface area contributed by atoms with Crippen molar-refractivity contribution in [2.24, 2.45) is 11.8 Å². The highest BCUT2D eigenvalue weighted by molar-refractivity contribution is 9.10. The third kappa shape index (κ3) is 2.79. The van der Waals surface area contributed by atoms with Crippen molar-refractivity contribution in [3.05, 3.63) is 28.2 Å². The van der Waals surface area contributed by atoms with Gasteiger partial charge in [-0.1, -0.05) is 13.8 Å². The average Bonchev–Trinajstić information content (AvgIpc) is 2.17. The minimum Gasteiger partial charge on any atom is -0.380 e. The van der Waals surface area contributed by atoms with Crippen LogP contribution in [0.1, 0.15) is 26.7 Å². The molecule has 4 heteroatoms. The molecular weight excluding hydrogens is 288 g/mol. The Kier molecular flexibility index (Phi) is 3.71. The fourth-order valence-electron chi connectivity index (χ4n) is 2.18. The standard InChI is InChI=1S/C13H16BrF2N/c1-7(2)8-3-9(4-8)17-13-6-11(15)10(14)5-12(13)16/h5-9,17H,3-4H2,1-2H3. The lowest BCUT2D eigenvalue weighted by atomic mass is 9.73. The van der Waals surface area contributed by atoms with E-state index in [1.165, 1.54) is 6.07 Å². The van der Waals surface area contributed by atoms with Gasteiger partial charge in [0.25, 0.3) is 0 Å². The molecule has 1 aromatic rings. The van der Waals surface area contributed by atoms with Gasteiger partial charge >= 0.3 is 0 Å². The Morgan fingerprint density at radius 2 is 1.88 bits per heavy atom. The van der Waals surface area contributed by atoms with Crippen LogP contribution in [0.4, 0.5) is 14.5 Å². The molecule has 0 spiro atoms. The summed E-state index contributed by atoms with van der Waals surface area (Å²) in [6.45, 7) is 4.39. The maximum Gasteiger partial charge on any atom is 0.147 e. The summed E-state index contributed by atoms with van der Waals surface area (Å²) in [5, 5.41) is 3.06. The first-order chi connectivity index (χ1) is 7.97. The molecule has 1 aliphatic rings. The Hall–Kier alpha value is -0.640. The van der Waals surface area contributed by atoms with Crippen LogP contribution in [0.25, 0.3) is 0 Å². The normalized spacial score (nSPS) is 23.6. The van der Waals surface area contributed by atoms with Crippen molar-refractivity contribution in [3.63, 3.8) is 0 Å². The first kappa shape index (κ1) is 12.8. The number of halogens is 3.